The Morgan fingerprint density at radius 2 is 1.80 bits per heavy atom. The van der Waals surface area contributed by atoms with Gasteiger partial charge >= 0.3 is 11.9 Å². The van der Waals surface area contributed by atoms with Crippen LogP contribution in [0.5, 0.6) is 0 Å². The van der Waals surface area contributed by atoms with E-state index in [0.717, 1.165) is 0 Å². The van der Waals surface area contributed by atoms with Gasteiger partial charge in [0.05, 0.1) is 12.5 Å². The summed E-state index contributed by atoms with van der Waals surface area (Å²) in [5, 5.41) is 19.2. The van der Waals surface area contributed by atoms with E-state index in [4.69, 9.17) is 5.11 Å². The van der Waals surface area contributed by atoms with Crippen LogP contribution in [0.3, 0.4) is 0 Å². The van der Waals surface area contributed by atoms with Crippen molar-refractivity contribution in [2.75, 3.05) is 6.61 Å². The zero-order valence-corrected chi connectivity index (χ0v) is 11.2. The van der Waals surface area contributed by atoms with Crippen LogP contribution in [0.4, 0.5) is 0 Å². The molecule has 0 aliphatic carbocycles. The van der Waals surface area contributed by atoms with E-state index in [1.54, 1.807) is 18.2 Å². The molecule has 0 aliphatic rings. The summed E-state index contributed by atoms with van der Waals surface area (Å²) in [6.45, 7) is 2.56. The number of carbonyl (C=O) groups excluding carboxylic acids is 2. The molecule has 2 N–H and O–H groups in total. The van der Waals surface area contributed by atoms with Gasteiger partial charge in [-0.05, 0) is 6.92 Å². The van der Waals surface area contributed by atoms with Crippen molar-refractivity contribution in [3.63, 3.8) is 0 Å². The fourth-order valence-corrected chi connectivity index (χ4v) is 1.73. The highest BCUT2D eigenvalue weighted by atomic mass is 16.6. The highest BCUT2D eigenvalue weighted by molar-refractivity contribution is 6.10. The van der Waals surface area contributed by atoms with E-state index in [2.05, 4.69) is 4.74 Å². The first kappa shape index (κ1) is 15.8. The number of carboxylic acids is 1. The molecule has 0 spiro atoms. The van der Waals surface area contributed by atoms with Crippen LogP contribution in [0, 0.1) is 5.92 Å². The lowest BCUT2D eigenvalue weighted by atomic mass is 9.83. The molecule has 1 rings (SSSR count). The number of Topliss-reactive ketones (excluding diaryl/α,β-unsaturated/α-hetero) is 1. The molecule has 0 bridgehead atoms. The third-order valence-corrected chi connectivity index (χ3v) is 2.99. The van der Waals surface area contributed by atoms with E-state index < -0.39 is 29.2 Å². The minimum Gasteiger partial charge on any atom is -0.479 e. The standard InChI is InChI=1S/C14H16O6/c1-3-20-13(18)14(19,12(16)17)9(2)11(15)10-7-5-4-6-8-10/h4-9,19H,3H2,1-2H3,(H,16,17). The van der Waals surface area contributed by atoms with Crippen molar-refractivity contribution < 1.29 is 29.3 Å². The minimum atomic E-state index is -2.90. The molecule has 0 aliphatic heterocycles. The van der Waals surface area contributed by atoms with Gasteiger partial charge in [-0.2, -0.15) is 0 Å². The summed E-state index contributed by atoms with van der Waals surface area (Å²) in [5.41, 5.74) is -2.69. The number of hydrogen-bond donors (Lipinski definition) is 2. The Morgan fingerprint density at radius 3 is 2.25 bits per heavy atom. The first-order chi connectivity index (χ1) is 9.35. The first-order valence-corrected chi connectivity index (χ1v) is 6.07. The van der Waals surface area contributed by atoms with Gasteiger partial charge in [-0.15, -0.1) is 0 Å². The van der Waals surface area contributed by atoms with Crippen molar-refractivity contribution >= 4 is 17.7 Å². The van der Waals surface area contributed by atoms with Crippen LogP contribution in [-0.4, -0.2) is 40.1 Å². The normalized spacial score (nSPS) is 14.9. The quantitative estimate of drug-likeness (QED) is 0.456. The Morgan fingerprint density at radius 1 is 1.25 bits per heavy atom. The summed E-state index contributed by atoms with van der Waals surface area (Å²) in [5.74, 6) is -5.28. The van der Waals surface area contributed by atoms with Gasteiger partial charge in [0, 0.05) is 5.56 Å². The number of esters is 1. The van der Waals surface area contributed by atoms with E-state index in [9.17, 15) is 19.5 Å². The molecule has 0 amide bonds. The van der Waals surface area contributed by atoms with E-state index >= 15 is 0 Å². The largest absolute Gasteiger partial charge is 0.479 e. The maximum atomic E-state index is 12.2. The smallest absolute Gasteiger partial charge is 0.350 e. The predicted molar refractivity (Wildman–Crippen MR) is 69.2 cm³/mol. The molecular weight excluding hydrogens is 264 g/mol. The minimum absolute atomic E-state index is 0.0966. The predicted octanol–water partition coefficient (Wildman–Crippen LogP) is 0.884. The van der Waals surface area contributed by atoms with E-state index in [-0.39, 0.29) is 12.2 Å². The molecule has 0 aromatic heterocycles. The summed E-state index contributed by atoms with van der Waals surface area (Å²) < 4.78 is 4.55. The SMILES string of the molecule is CCOC(=O)C(O)(C(=O)O)C(C)C(=O)c1ccccc1. The fourth-order valence-electron chi connectivity index (χ4n) is 1.73. The topological polar surface area (TPSA) is 101 Å². The van der Waals surface area contributed by atoms with Crippen molar-refractivity contribution in [3.8, 4) is 0 Å². The molecule has 2 atom stereocenters. The van der Waals surface area contributed by atoms with Crippen molar-refractivity contribution in [1.29, 1.82) is 0 Å². The lowest BCUT2D eigenvalue weighted by Gasteiger charge is -2.26. The summed E-state index contributed by atoms with van der Waals surface area (Å²) in [4.78, 5) is 35.1. The monoisotopic (exact) mass is 280 g/mol. The van der Waals surface area contributed by atoms with Gasteiger partial charge in [0.25, 0.3) is 5.60 Å². The molecule has 0 saturated heterocycles. The maximum Gasteiger partial charge on any atom is 0.350 e. The Bertz CT molecular complexity index is 510. The molecule has 0 heterocycles. The molecule has 0 radical (unpaired) electrons. The van der Waals surface area contributed by atoms with Crippen LogP contribution in [0.15, 0.2) is 30.3 Å². The number of carbonyl (C=O) groups is 3. The zero-order valence-electron chi connectivity index (χ0n) is 11.2. The summed E-state index contributed by atoms with van der Waals surface area (Å²) in [7, 11) is 0. The molecular formula is C14H16O6. The maximum absolute atomic E-state index is 12.2. The number of rotatable bonds is 6. The third-order valence-electron chi connectivity index (χ3n) is 2.99. The van der Waals surface area contributed by atoms with Gasteiger partial charge in [-0.3, -0.25) is 4.79 Å². The number of ketones is 1. The second-order valence-electron chi connectivity index (χ2n) is 4.24. The van der Waals surface area contributed by atoms with E-state index in [0.29, 0.717) is 0 Å². The van der Waals surface area contributed by atoms with Gasteiger partial charge in [0.1, 0.15) is 0 Å². The second kappa shape index (κ2) is 6.29. The fraction of sp³-hybridized carbons (Fsp3) is 0.357. The molecule has 2 unspecified atom stereocenters. The van der Waals surface area contributed by atoms with Crippen LogP contribution < -0.4 is 0 Å². The van der Waals surface area contributed by atoms with Crippen LogP contribution in [0.1, 0.15) is 24.2 Å². The third kappa shape index (κ3) is 2.85. The Kier molecular flexibility index (Phi) is 4.99. The second-order valence-corrected chi connectivity index (χ2v) is 4.24. The number of aliphatic carboxylic acids is 1. The molecule has 6 nitrogen and oxygen atoms in total. The molecule has 20 heavy (non-hydrogen) atoms. The van der Waals surface area contributed by atoms with Gasteiger partial charge in [-0.1, -0.05) is 37.3 Å². The highest BCUT2D eigenvalue weighted by Crippen LogP contribution is 2.24. The Labute approximate surface area is 116 Å². The number of carboxylic acid groups (broad SMARTS) is 1. The highest BCUT2D eigenvalue weighted by Gasteiger charge is 2.53. The number of aliphatic hydroxyl groups is 1. The lowest BCUT2D eigenvalue weighted by Crippen LogP contribution is -2.55. The van der Waals surface area contributed by atoms with Crippen LogP contribution in [0.25, 0.3) is 0 Å². The Balaban J connectivity index is 3.13. The summed E-state index contributed by atoms with van der Waals surface area (Å²) in [6, 6.07) is 7.85. The van der Waals surface area contributed by atoms with Crippen LogP contribution >= 0.6 is 0 Å². The molecule has 1 aromatic rings. The number of benzene rings is 1. The lowest BCUT2D eigenvalue weighted by molar-refractivity contribution is -0.183. The van der Waals surface area contributed by atoms with Gasteiger partial charge < -0.3 is 14.9 Å². The average Bonchev–Trinajstić information content (AvgIpc) is 2.45. The van der Waals surface area contributed by atoms with Crippen molar-refractivity contribution in [3.05, 3.63) is 35.9 Å². The number of hydrogen-bond acceptors (Lipinski definition) is 5. The van der Waals surface area contributed by atoms with E-state index in [1.165, 1.54) is 26.0 Å². The van der Waals surface area contributed by atoms with Crippen LogP contribution in [0.2, 0.25) is 0 Å². The number of ether oxygens (including phenoxy) is 1. The molecule has 6 heteroatoms. The van der Waals surface area contributed by atoms with Crippen molar-refractivity contribution in [1.82, 2.24) is 0 Å². The van der Waals surface area contributed by atoms with Crippen molar-refractivity contribution in [2.24, 2.45) is 5.92 Å². The molecule has 1 aromatic carbocycles. The molecule has 108 valence electrons. The molecule has 0 saturated carbocycles. The van der Waals surface area contributed by atoms with E-state index in [1.807, 2.05) is 0 Å². The van der Waals surface area contributed by atoms with Gasteiger partial charge in [0.15, 0.2) is 5.78 Å². The van der Waals surface area contributed by atoms with Gasteiger partial charge in [-0.25, -0.2) is 9.59 Å². The van der Waals surface area contributed by atoms with Gasteiger partial charge in [0.2, 0.25) is 0 Å². The first-order valence-electron chi connectivity index (χ1n) is 6.07. The van der Waals surface area contributed by atoms with Crippen molar-refractivity contribution in [2.45, 2.75) is 19.4 Å². The van der Waals surface area contributed by atoms with Crippen LogP contribution in [-0.2, 0) is 14.3 Å². The Hall–Kier alpha value is -2.21. The molecule has 0 fully saturated rings. The summed E-state index contributed by atoms with van der Waals surface area (Å²) in [6.07, 6.45) is 0. The summed E-state index contributed by atoms with van der Waals surface area (Å²) >= 11 is 0. The zero-order chi connectivity index (χ0) is 15.3. The average molecular weight is 280 g/mol.